The maximum atomic E-state index is 12.4. The van der Waals surface area contributed by atoms with E-state index in [0.29, 0.717) is 17.3 Å². The first-order valence-electron chi connectivity index (χ1n) is 7.19. The molecule has 6 heteroatoms. The number of thiocarbonyl (C=S) groups is 1. The highest BCUT2D eigenvalue weighted by Crippen LogP contribution is 2.27. The third-order valence-corrected chi connectivity index (χ3v) is 3.39. The van der Waals surface area contributed by atoms with Gasteiger partial charge in [0.1, 0.15) is 5.75 Å². The summed E-state index contributed by atoms with van der Waals surface area (Å²) in [4.78, 5) is 0. The molecule has 0 saturated carbocycles. The van der Waals surface area contributed by atoms with E-state index in [4.69, 9.17) is 12.2 Å². The average Bonchev–Trinajstić information content (AvgIpc) is 2.51. The normalized spacial score (nSPS) is 10.4. The Morgan fingerprint density at radius 3 is 2.61 bits per heavy atom. The fourth-order valence-corrected chi connectivity index (χ4v) is 2.28. The van der Waals surface area contributed by atoms with Crippen molar-refractivity contribution >= 4 is 23.0 Å². The van der Waals surface area contributed by atoms with Gasteiger partial charge in [-0.3, -0.25) is 0 Å². The first-order chi connectivity index (χ1) is 11.0. The lowest BCUT2D eigenvalue weighted by Gasteiger charge is -2.15. The van der Waals surface area contributed by atoms with Crippen molar-refractivity contribution in [3.05, 3.63) is 59.7 Å². The van der Waals surface area contributed by atoms with E-state index in [-0.39, 0.29) is 5.75 Å². The van der Waals surface area contributed by atoms with Crippen molar-refractivity contribution in [2.45, 2.75) is 20.0 Å². The fourth-order valence-electron chi connectivity index (χ4n) is 2.07. The first-order valence-corrected chi connectivity index (χ1v) is 7.59. The van der Waals surface area contributed by atoms with Gasteiger partial charge in [0.25, 0.3) is 0 Å². The first kappa shape index (κ1) is 17.1. The second-order valence-electron chi connectivity index (χ2n) is 4.99. The largest absolute Gasteiger partial charge is 0.433 e. The number of anilines is 1. The molecule has 0 amide bonds. The third-order valence-electron chi connectivity index (χ3n) is 3.14. The summed E-state index contributed by atoms with van der Waals surface area (Å²) >= 11 is 5.20. The smallest absolute Gasteiger partial charge is 0.387 e. The van der Waals surface area contributed by atoms with Crippen molar-refractivity contribution in [3.63, 3.8) is 0 Å². The van der Waals surface area contributed by atoms with Crippen LogP contribution in [-0.4, -0.2) is 18.3 Å². The van der Waals surface area contributed by atoms with Crippen molar-refractivity contribution in [1.82, 2.24) is 5.32 Å². The van der Waals surface area contributed by atoms with Gasteiger partial charge in [0.05, 0.1) is 5.69 Å². The Labute approximate surface area is 139 Å². The van der Waals surface area contributed by atoms with Gasteiger partial charge in [-0.1, -0.05) is 36.4 Å². The lowest BCUT2D eigenvalue weighted by Crippen LogP contribution is -2.30. The molecular formula is C17H18F2N2OS. The monoisotopic (exact) mass is 336 g/mol. The quantitative estimate of drug-likeness (QED) is 0.777. The minimum atomic E-state index is -2.88. The summed E-state index contributed by atoms with van der Waals surface area (Å²) in [5.41, 5.74) is 2.53. The van der Waals surface area contributed by atoms with E-state index in [9.17, 15) is 8.78 Å². The van der Waals surface area contributed by atoms with Crippen LogP contribution in [0.25, 0.3) is 0 Å². The molecule has 23 heavy (non-hydrogen) atoms. The minimum absolute atomic E-state index is 0.0674. The highest BCUT2D eigenvalue weighted by atomic mass is 32.1. The summed E-state index contributed by atoms with van der Waals surface area (Å²) in [6.07, 6.45) is 0.816. The van der Waals surface area contributed by atoms with Gasteiger partial charge in [-0.05, 0) is 48.8 Å². The van der Waals surface area contributed by atoms with Gasteiger partial charge in [0, 0.05) is 6.54 Å². The van der Waals surface area contributed by atoms with Gasteiger partial charge in [0.2, 0.25) is 0 Å². The van der Waals surface area contributed by atoms with E-state index in [1.807, 2.05) is 37.3 Å². The van der Waals surface area contributed by atoms with E-state index in [2.05, 4.69) is 15.4 Å². The lowest BCUT2D eigenvalue weighted by molar-refractivity contribution is -0.0493. The minimum Gasteiger partial charge on any atom is -0.433 e. The predicted octanol–water partition coefficient (Wildman–Crippen LogP) is 4.13. The van der Waals surface area contributed by atoms with Crippen LogP contribution in [0.15, 0.2) is 48.5 Å². The molecule has 2 aromatic carbocycles. The molecule has 0 fully saturated rings. The number of aryl methyl sites for hydroxylation is 1. The summed E-state index contributed by atoms with van der Waals surface area (Å²) < 4.78 is 29.4. The van der Waals surface area contributed by atoms with Gasteiger partial charge < -0.3 is 15.4 Å². The molecule has 122 valence electrons. The van der Waals surface area contributed by atoms with E-state index < -0.39 is 6.61 Å². The lowest BCUT2D eigenvalue weighted by atomic mass is 10.1. The molecule has 0 bridgehead atoms. The molecule has 0 saturated heterocycles. The second-order valence-corrected chi connectivity index (χ2v) is 5.40. The van der Waals surface area contributed by atoms with Crippen molar-refractivity contribution in [1.29, 1.82) is 0 Å². The van der Waals surface area contributed by atoms with E-state index in [1.165, 1.54) is 11.6 Å². The number of benzene rings is 2. The number of hydrogen-bond acceptors (Lipinski definition) is 2. The number of halogens is 2. The van der Waals surface area contributed by atoms with Crippen molar-refractivity contribution < 1.29 is 13.5 Å². The summed E-state index contributed by atoms with van der Waals surface area (Å²) in [6, 6.07) is 14.9. The molecule has 3 nitrogen and oxygen atoms in total. The van der Waals surface area contributed by atoms with Crippen molar-refractivity contribution in [3.8, 4) is 5.75 Å². The number of ether oxygens (including phenoxy) is 1. The zero-order valence-electron chi connectivity index (χ0n) is 12.7. The van der Waals surface area contributed by atoms with Gasteiger partial charge in [-0.2, -0.15) is 8.78 Å². The number of rotatable bonds is 6. The number of nitrogens with one attached hydrogen (secondary N) is 2. The molecule has 0 aliphatic heterocycles. The molecule has 0 heterocycles. The predicted molar refractivity (Wildman–Crippen MR) is 92.2 cm³/mol. The van der Waals surface area contributed by atoms with Crippen LogP contribution in [0.1, 0.15) is 11.1 Å². The van der Waals surface area contributed by atoms with Crippen LogP contribution in [-0.2, 0) is 6.42 Å². The highest BCUT2D eigenvalue weighted by molar-refractivity contribution is 7.80. The van der Waals surface area contributed by atoms with Crippen LogP contribution in [0.2, 0.25) is 0 Å². The summed E-state index contributed by atoms with van der Waals surface area (Å²) in [5.74, 6) is 0.0674. The van der Waals surface area contributed by atoms with Gasteiger partial charge in [0.15, 0.2) is 5.11 Å². The molecule has 0 atom stereocenters. The van der Waals surface area contributed by atoms with E-state index >= 15 is 0 Å². The maximum Gasteiger partial charge on any atom is 0.387 e. The SMILES string of the molecule is Cc1ccc(OC(F)F)c(NC(=S)NCCc2ccccc2)c1. The summed E-state index contributed by atoms with van der Waals surface area (Å²) in [7, 11) is 0. The molecule has 2 rings (SSSR count). The maximum absolute atomic E-state index is 12.4. The topological polar surface area (TPSA) is 33.3 Å². The van der Waals surface area contributed by atoms with Gasteiger partial charge >= 0.3 is 6.61 Å². The van der Waals surface area contributed by atoms with Crippen LogP contribution in [0.4, 0.5) is 14.5 Å². The number of alkyl halides is 2. The number of hydrogen-bond donors (Lipinski definition) is 2. The van der Waals surface area contributed by atoms with Crippen LogP contribution in [0, 0.1) is 6.92 Å². The molecule has 2 N–H and O–H groups in total. The molecular weight excluding hydrogens is 318 g/mol. The zero-order chi connectivity index (χ0) is 16.7. The van der Waals surface area contributed by atoms with Crippen LogP contribution in [0.3, 0.4) is 0 Å². The Hall–Kier alpha value is -2.21. The second kappa shape index (κ2) is 8.43. The highest BCUT2D eigenvalue weighted by Gasteiger charge is 2.10. The van der Waals surface area contributed by atoms with Crippen molar-refractivity contribution in [2.24, 2.45) is 0 Å². The van der Waals surface area contributed by atoms with E-state index in [0.717, 1.165) is 12.0 Å². The fraction of sp³-hybridized carbons (Fsp3) is 0.235. The molecule has 0 unspecified atom stereocenters. The molecule has 0 aromatic heterocycles. The zero-order valence-corrected chi connectivity index (χ0v) is 13.5. The Kier molecular flexibility index (Phi) is 6.29. The Morgan fingerprint density at radius 2 is 1.91 bits per heavy atom. The van der Waals surface area contributed by atoms with Gasteiger partial charge in [-0.25, -0.2) is 0 Å². The van der Waals surface area contributed by atoms with Crippen LogP contribution >= 0.6 is 12.2 Å². The van der Waals surface area contributed by atoms with Crippen LogP contribution in [0.5, 0.6) is 5.75 Å². The van der Waals surface area contributed by atoms with Crippen LogP contribution < -0.4 is 15.4 Å². The molecule has 0 radical (unpaired) electrons. The molecule has 0 spiro atoms. The Bertz CT molecular complexity index is 650. The van der Waals surface area contributed by atoms with Gasteiger partial charge in [-0.15, -0.1) is 0 Å². The average molecular weight is 336 g/mol. The van der Waals surface area contributed by atoms with Crippen molar-refractivity contribution in [2.75, 3.05) is 11.9 Å². The Morgan fingerprint density at radius 1 is 1.17 bits per heavy atom. The molecule has 0 aliphatic carbocycles. The molecule has 0 aliphatic rings. The summed E-state index contributed by atoms with van der Waals surface area (Å²) in [6.45, 7) is -0.367. The molecule has 2 aromatic rings. The third kappa shape index (κ3) is 5.83. The van der Waals surface area contributed by atoms with E-state index in [1.54, 1.807) is 12.1 Å². The Balaban J connectivity index is 1.90. The summed E-state index contributed by atoms with van der Waals surface area (Å²) in [5, 5.41) is 6.33. The standard InChI is InChI=1S/C17H18F2N2OS/c1-12-7-8-15(22-16(18)19)14(11-12)21-17(23)20-10-9-13-5-3-2-4-6-13/h2-8,11,16H,9-10H2,1H3,(H2,20,21,23).